The zero-order chi connectivity index (χ0) is 8.48. The molecule has 2 unspecified atom stereocenters. The number of rotatable bonds is 3. The van der Waals surface area contributed by atoms with Crippen LogP contribution in [0.25, 0.3) is 0 Å². The first kappa shape index (κ1) is 9.18. The maximum absolute atomic E-state index is 9.63. The summed E-state index contributed by atoms with van der Waals surface area (Å²) in [7, 11) is 7.57. The molecule has 0 amide bonds. The zero-order valence-corrected chi connectivity index (χ0v) is 8.25. The van der Waals surface area contributed by atoms with Crippen molar-refractivity contribution in [2.45, 2.75) is 11.8 Å². The van der Waals surface area contributed by atoms with Gasteiger partial charge in [0.1, 0.15) is 6.54 Å². The summed E-state index contributed by atoms with van der Waals surface area (Å²) in [5, 5.41) is 9.63. The third-order valence-corrected chi connectivity index (χ3v) is 2.88. The Balaban J connectivity index is 2.31. The second kappa shape index (κ2) is 3.22. The highest BCUT2D eigenvalue weighted by molar-refractivity contribution is 7.44. The van der Waals surface area contributed by atoms with E-state index in [4.69, 9.17) is 0 Å². The highest BCUT2D eigenvalue weighted by Crippen LogP contribution is 2.34. The Kier molecular flexibility index (Phi) is 2.69. The lowest BCUT2D eigenvalue weighted by atomic mass is 10.2. The van der Waals surface area contributed by atoms with Gasteiger partial charge in [-0.2, -0.15) is 0 Å². The van der Waals surface area contributed by atoms with Crippen LogP contribution in [0.4, 0.5) is 0 Å². The van der Waals surface area contributed by atoms with Crippen LogP contribution in [0.2, 0.25) is 0 Å². The molecule has 0 aromatic carbocycles. The van der Waals surface area contributed by atoms with Gasteiger partial charge in [0, 0.05) is 0 Å². The van der Waals surface area contributed by atoms with Crippen LogP contribution in [0.3, 0.4) is 0 Å². The Bertz CT molecular complexity index is 162. The first-order valence-corrected chi connectivity index (χ1v) is 4.87. The summed E-state index contributed by atoms with van der Waals surface area (Å²) in [5.41, 5.74) is 0.396. The fourth-order valence-corrected chi connectivity index (χ4v) is 1.75. The van der Waals surface area contributed by atoms with Crippen molar-refractivity contribution in [3.8, 4) is 0 Å². The highest BCUT2D eigenvalue weighted by Gasteiger charge is 2.18. The molecule has 0 saturated carbocycles. The maximum Gasteiger partial charge on any atom is 0.103 e. The number of aliphatic hydroxyl groups is 1. The summed E-state index contributed by atoms with van der Waals surface area (Å²) in [4.78, 5) is 0. The summed E-state index contributed by atoms with van der Waals surface area (Å²) in [5.74, 6) is 2.09. The van der Waals surface area contributed by atoms with Gasteiger partial charge in [-0.15, -0.1) is 11.7 Å². The van der Waals surface area contributed by atoms with Gasteiger partial charge in [0.2, 0.25) is 0 Å². The van der Waals surface area contributed by atoms with Crippen LogP contribution >= 0.6 is 8.58 Å². The number of hydrogen-bond donors (Lipinski definition) is 1. The second-order valence-corrected chi connectivity index (χ2v) is 5.21. The minimum absolute atomic E-state index is 0.165. The summed E-state index contributed by atoms with van der Waals surface area (Å²) in [6.45, 7) is 0.835. The first-order chi connectivity index (χ1) is 4.99. The Morgan fingerprint density at radius 3 is 2.36 bits per heavy atom. The third-order valence-electron chi connectivity index (χ3n) is 1.67. The van der Waals surface area contributed by atoms with E-state index in [0.29, 0.717) is 5.66 Å². The number of quaternary nitrogens is 1. The summed E-state index contributed by atoms with van der Waals surface area (Å²) < 4.78 is 0.834. The van der Waals surface area contributed by atoms with Gasteiger partial charge in [0.05, 0.1) is 27.2 Å². The Hall–Kier alpha value is 0.0900. The molecule has 0 radical (unpaired) electrons. The molecule has 0 bridgehead atoms. The van der Waals surface area contributed by atoms with Crippen LogP contribution in [0.15, 0.2) is 11.9 Å². The van der Waals surface area contributed by atoms with Crippen LogP contribution in [0.5, 0.6) is 0 Å². The van der Waals surface area contributed by atoms with E-state index in [2.05, 4.69) is 33.0 Å². The van der Waals surface area contributed by atoms with Crippen LogP contribution in [0.1, 0.15) is 0 Å². The molecule has 1 aliphatic heterocycles. The predicted octanol–water partition coefficient (Wildman–Crippen LogP) is 0.896. The average molecular weight is 173 g/mol. The van der Waals surface area contributed by atoms with E-state index in [1.165, 1.54) is 8.58 Å². The zero-order valence-electron chi connectivity index (χ0n) is 7.36. The van der Waals surface area contributed by atoms with Crippen LogP contribution in [0, 0.1) is 0 Å². The monoisotopic (exact) mass is 173 g/mol. The largest absolute Gasteiger partial charge is 0.504 e. The quantitative estimate of drug-likeness (QED) is 0.496. The van der Waals surface area contributed by atoms with Gasteiger partial charge in [-0.05, 0) is 0 Å². The molecule has 0 spiro atoms. The average Bonchev–Trinajstić information content (AvgIpc) is 1.50. The van der Waals surface area contributed by atoms with Crippen molar-refractivity contribution < 1.29 is 9.59 Å². The summed E-state index contributed by atoms with van der Waals surface area (Å²) in [6.07, 6.45) is 1.92. The molecule has 64 valence electrons. The van der Waals surface area contributed by atoms with Crippen LogP contribution in [-0.2, 0) is 0 Å². The fraction of sp³-hybridized carbons (Fsp3) is 0.750. The van der Waals surface area contributed by atoms with Gasteiger partial charge in [-0.1, -0.05) is 0 Å². The molecule has 0 aliphatic carbocycles. The predicted molar refractivity (Wildman–Crippen MR) is 48.8 cm³/mol. The molecule has 1 N–H and O–H groups in total. The van der Waals surface area contributed by atoms with E-state index < -0.39 is 0 Å². The van der Waals surface area contributed by atoms with Gasteiger partial charge in [0.15, 0.2) is 0 Å². The molecular formula is C8H16NOP. The maximum atomic E-state index is 9.63. The van der Waals surface area contributed by atoms with Crippen molar-refractivity contribution in [3.05, 3.63) is 11.9 Å². The van der Waals surface area contributed by atoms with Crippen molar-refractivity contribution >= 4 is 8.58 Å². The first-order valence-electron chi connectivity index (χ1n) is 3.84. The minimum Gasteiger partial charge on any atom is -0.504 e. The van der Waals surface area contributed by atoms with Crippen molar-refractivity contribution in [2.24, 2.45) is 0 Å². The third kappa shape index (κ3) is 2.90. The minimum atomic E-state index is -0.165. The molecular weight excluding hydrogens is 157 g/mol. The van der Waals surface area contributed by atoms with Crippen molar-refractivity contribution in [2.75, 3.05) is 27.7 Å². The van der Waals surface area contributed by atoms with Crippen molar-refractivity contribution in [3.63, 3.8) is 0 Å². The van der Waals surface area contributed by atoms with E-state index in [1.54, 1.807) is 0 Å². The van der Waals surface area contributed by atoms with Crippen LogP contribution in [-0.4, -0.2) is 49.0 Å². The summed E-state index contributed by atoms with van der Waals surface area (Å²) in [6, 6.07) is 0. The Morgan fingerprint density at radius 1 is 1.55 bits per heavy atom. The van der Waals surface area contributed by atoms with Crippen LogP contribution < -0.4 is 0 Å². The standard InChI is InChI=1S/C8H16NOP/c1-9(2,3)6-7(10)8-4-5-11-8/h4-5,7-8,10H,6H2,1-3H3. The molecule has 1 aliphatic rings. The van der Waals surface area contributed by atoms with Gasteiger partial charge >= 0.3 is 0 Å². The number of nitrogens with zero attached hydrogens (tertiary/aromatic N) is 1. The lowest BCUT2D eigenvalue weighted by Gasteiger charge is -2.40. The molecule has 0 aromatic rings. The molecule has 0 aromatic heterocycles. The highest BCUT2D eigenvalue weighted by atomic mass is 31.1. The lowest BCUT2D eigenvalue weighted by molar-refractivity contribution is -0.873. The van der Waals surface area contributed by atoms with E-state index in [1.807, 2.05) is 0 Å². The molecule has 2 nitrogen and oxygen atoms in total. The topological polar surface area (TPSA) is 20.2 Å². The van der Waals surface area contributed by atoms with Crippen molar-refractivity contribution in [1.29, 1.82) is 0 Å². The lowest BCUT2D eigenvalue weighted by Crippen LogP contribution is -2.44. The fourth-order valence-electron chi connectivity index (χ4n) is 1.08. The number of likely N-dealkylation sites (N-methyl/N-ethyl adjacent to an activating group) is 1. The molecule has 1 rings (SSSR count). The number of hydrogen-bond acceptors (Lipinski definition) is 1. The van der Waals surface area contributed by atoms with Gasteiger partial charge in [-0.3, -0.25) is 0 Å². The Labute approximate surface area is 70.3 Å². The smallest absolute Gasteiger partial charge is 0.103 e. The molecule has 0 fully saturated rings. The Morgan fingerprint density at radius 2 is 2.09 bits per heavy atom. The SMILES string of the molecule is C[N+](C)(C)CC(O)C1C=C[P-]1. The second-order valence-electron chi connectivity index (χ2n) is 4.02. The molecule has 11 heavy (non-hydrogen) atoms. The van der Waals surface area contributed by atoms with Crippen molar-refractivity contribution in [1.82, 2.24) is 0 Å². The molecule has 3 heteroatoms. The normalized spacial score (nSPS) is 28.5. The van der Waals surface area contributed by atoms with Gasteiger partial charge < -0.3 is 18.2 Å². The van der Waals surface area contributed by atoms with E-state index in [0.717, 1.165) is 11.0 Å². The molecule has 0 saturated heterocycles. The molecule has 1 heterocycles. The number of aliphatic hydroxyl groups excluding tert-OH is 1. The van der Waals surface area contributed by atoms with Gasteiger partial charge in [-0.25, -0.2) is 5.82 Å². The summed E-state index contributed by atoms with van der Waals surface area (Å²) >= 11 is 0. The van der Waals surface area contributed by atoms with E-state index >= 15 is 0 Å². The molecule has 2 atom stereocenters. The van der Waals surface area contributed by atoms with Gasteiger partial charge in [0.25, 0.3) is 0 Å². The van der Waals surface area contributed by atoms with E-state index in [9.17, 15) is 5.11 Å². The van der Waals surface area contributed by atoms with E-state index in [-0.39, 0.29) is 6.10 Å².